The fraction of sp³-hybridized carbons (Fsp3) is 0.391. The second kappa shape index (κ2) is 7.61. The van der Waals surface area contributed by atoms with Crippen LogP contribution in [0.15, 0.2) is 18.2 Å². The molecule has 0 bridgehead atoms. The van der Waals surface area contributed by atoms with Gasteiger partial charge in [-0.2, -0.15) is 0 Å². The SMILES string of the molecule is CC(C)(C)OC(=O)c1sc2nc3c(c(-c4cccc(F)c4F)c2c1N)CCCCC3. The highest BCUT2D eigenvalue weighted by atomic mass is 32.1. The van der Waals surface area contributed by atoms with E-state index in [0.717, 1.165) is 54.3 Å². The molecule has 0 spiro atoms. The first kappa shape index (κ1) is 20.7. The fourth-order valence-corrected chi connectivity index (χ4v) is 4.95. The number of hydrogen-bond donors (Lipinski definition) is 1. The van der Waals surface area contributed by atoms with Gasteiger partial charge < -0.3 is 10.5 Å². The summed E-state index contributed by atoms with van der Waals surface area (Å²) in [5.41, 5.74) is 8.41. The van der Waals surface area contributed by atoms with E-state index in [1.165, 1.54) is 6.07 Å². The molecule has 0 fully saturated rings. The van der Waals surface area contributed by atoms with Crippen molar-refractivity contribution in [3.05, 3.63) is 46.0 Å². The Balaban J connectivity index is 2.03. The number of benzene rings is 1. The topological polar surface area (TPSA) is 65.2 Å². The molecule has 0 radical (unpaired) electrons. The minimum absolute atomic E-state index is 0.154. The van der Waals surface area contributed by atoms with Crippen molar-refractivity contribution in [3.8, 4) is 11.1 Å². The van der Waals surface area contributed by atoms with E-state index in [1.807, 2.05) is 0 Å². The fourth-order valence-electron chi connectivity index (χ4n) is 3.95. The van der Waals surface area contributed by atoms with Crippen LogP contribution in [-0.2, 0) is 17.6 Å². The van der Waals surface area contributed by atoms with Crippen molar-refractivity contribution >= 4 is 33.2 Å². The maximum atomic E-state index is 14.9. The standard InChI is InChI=1S/C23H24F2N2O2S/c1-23(2,3)29-22(28)20-19(26)17-16(13-9-7-10-14(24)18(13)25)12-8-5-4-6-11-15(12)27-21(17)30-20/h7,9-10H,4-6,8,11,26H2,1-3H3. The van der Waals surface area contributed by atoms with Crippen LogP contribution in [0, 0.1) is 11.6 Å². The number of ether oxygens (including phenoxy) is 1. The summed E-state index contributed by atoms with van der Waals surface area (Å²) in [6.07, 6.45) is 4.44. The van der Waals surface area contributed by atoms with Crippen LogP contribution >= 0.6 is 11.3 Å². The third-order valence-electron chi connectivity index (χ3n) is 5.21. The van der Waals surface area contributed by atoms with E-state index >= 15 is 0 Å². The number of pyridine rings is 1. The monoisotopic (exact) mass is 430 g/mol. The molecule has 0 aliphatic heterocycles. The number of fused-ring (bicyclic) bond motifs is 2. The normalized spacial score (nSPS) is 14.4. The van der Waals surface area contributed by atoms with Gasteiger partial charge in [0.2, 0.25) is 0 Å². The zero-order chi connectivity index (χ0) is 21.6. The molecule has 4 nitrogen and oxygen atoms in total. The van der Waals surface area contributed by atoms with Crippen LogP contribution < -0.4 is 5.73 Å². The third-order valence-corrected chi connectivity index (χ3v) is 6.29. The molecule has 3 aromatic rings. The molecule has 1 aliphatic carbocycles. The van der Waals surface area contributed by atoms with Gasteiger partial charge in [-0.25, -0.2) is 18.6 Å². The summed E-state index contributed by atoms with van der Waals surface area (Å²) >= 11 is 1.14. The molecule has 2 aromatic heterocycles. The molecular weight excluding hydrogens is 406 g/mol. The molecule has 1 aliphatic rings. The number of carbonyl (C=O) groups is 1. The summed E-state index contributed by atoms with van der Waals surface area (Å²) in [6, 6.07) is 4.14. The maximum Gasteiger partial charge on any atom is 0.351 e. The van der Waals surface area contributed by atoms with Gasteiger partial charge in [-0.15, -0.1) is 11.3 Å². The number of nitrogens with two attached hydrogens (primary N) is 1. The minimum atomic E-state index is -0.916. The van der Waals surface area contributed by atoms with Crippen molar-refractivity contribution in [2.75, 3.05) is 5.73 Å². The summed E-state index contributed by atoms with van der Waals surface area (Å²) < 4.78 is 34.5. The summed E-state index contributed by atoms with van der Waals surface area (Å²) in [7, 11) is 0. The number of anilines is 1. The number of nitrogens with zero attached hydrogens (tertiary/aromatic N) is 1. The van der Waals surface area contributed by atoms with Crippen molar-refractivity contribution in [2.45, 2.75) is 58.5 Å². The van der Waals surface area contributed by atoms with Gasteiger partial charge in [-0.05, 0) is 58.1 Å². The second-order valence-corrected chi connectivity index (χ2v) is 9.60. The van der Waals surface area contributed by atoms with Crippen LogP contribution in [0.3, 0.4) is 0 Å². The molecule has 2 heterocycles. The van der Waals surface area contributed by atoms with Crippen molar-refractivity contribution in [1.82, 2.24) is 4.98 Å². The maximum absolute atomic E-state index is 14.9. The van der Waals surface area contributed by atoms with E-state index in [0.29, 0.717) is 22.2 Å². The summed E-state index contributed by atoms with van der Waals surface area (Å²) in [5, 5.41) is 0.506. The number of halogens is 2. The smallest absolute Gasteiger partial charge is 0.351 e. The highest BCUT2D eigenvalue weighted by Crippen LogP contribution is 2.44. The highest BCUT2D eigenvalue weighted by Gasteiger charge is 2.29. The average Bonchev–Trinajstić information content (AvgIpc) is 2.84. The quantitative estimate of drug-likeness (QED) is 0.397. The van der Waals surface area contributed by atoms with Crippen molar-refractivity contribution < 1.29 is 18.3 Å². The zero-order valence-corrected chi connectivity index (χ0v) is 18.1. The van der Waals surface area contributed by atoms with Crippen LogP contribution in [0.1, 0.15) is 61.0 Å². The van der Waals surface area contributed by atoms with E-state index in [1.54, 1.807) is 26.8 Å². The van der Waals surface area contributed by atoms with Gasteiger partial charge in [0.1, 0.15) is 15.3 Å². The molecule has 0 amide bonds. The third kappa shape index (κ3) is 3.67. The number of esters is 1. The van der Waals surface area contributed by atoms with Crippen LogP contribution in [0.25, 0.3) is 21.3 Å². The Morgan fingerprint density at radius 3 is 2.63 bits per heavy atom. The number of hydrogen-bond acceptors (Lipinski definition) is 5. The molecule has 30 heavy (non-hydrogen) atoms. The Labute approximate surface area is 178 Å². The van der Waals surface area contributed by atoms with Crippen molar-refractivity contribution in [1.29, 1.82) is 0 Å². The number of nitrogen functional groups attached to an aromatic ring is 1. The zero-order valence-electron chi connectivity index (χ0n) is 17.3. The predicted molar refractivity (Wildman–Crippen MR) is 116 cm³/mol. The van der Waals surface area contributed by atoms with E-state index in [9.17, 15) is 13.6 Å². The predicted octanol–water partition coefficient (Wildman–Crippen LogP) is 6.05. The van der Waals surface area contributed by atoms with E-state index in [-0.39, 0.29) is 16.1 Å². The number of carbonyl (C=O) groups excluding carboxylic acids is 1. The molecule has 1 aromatic carbocycles. The minimum Gasteiger partial charge on any atom is -0.456 e. The molecule has 0 unspecified atom stereocenters. The molecule has 7 heteroatoms. The lowest BCUT2D eigenvalue weighted by Crippen LogP contribution is -2.23. The Hall–Kier alpha value is -2.54. The first-order valence-electron chi connectivity index (χ1n) is 10.1. The van der Waals surface area contributed by atoms with Crippen molar-refractivity contribution in [3.63, 3.8) is 0 Å². The van der Waals surface area contributed by atoms with Crippen molar-refractivity contribution in [2.24, 2.45) is 0 Å². The molecular formula is C23H24F2N2O2S. The molecule has 158 valence electrons. The Bertz CT molecular complexity index is 1150. The lowest BCUT2D eigenvalue weighted by Gasteiger charge is -2.19. The largest absolute Gasteiger partial charge is 0.456 e. The van der Waals surface area contributed by atoms with Crippen LogP contribution in [0.2, 0.25) is 0 Å². The summed E-state index contributed by atoms with van der Waals surface area (Å²) in [5.74, 6) is -2.37. The molecule has 4 rings (SSSR count). The Kier molecular flexibility index (Phi) is 5.26. The molecule has 0 atom stereocenters. The van der Waals surface area contributed by atoms with Crippen LogP contribution in [0.5, 0.6) is 0 Å². The van der Waals surface area contributed by atoms with Gasteiger partial charge in [-0.3, -0.25) is 0 Å². The number of thiophene rings is 1. The van der Waals surface area contributed by atoms with Gasteiger partial charge in [0.25, 0.3) is 0 Å². The second-order valence-electron chi connectivity index (χ2n) is 8.60. The number of aromatic nitrogens is 1. The average molecular weight is 431 g/mol. The van der Waals surface area contributed by atoms with E-state index < -0.39 is 23.2 Å². The molecule has 2 N–H and O–H groups in total. The Morgan fingerprint density at radius 1 is 1.17 bits per heavy atom. The van der Waals surface area contributed by atoms with E-state index in [4.69, 9.17) is 15.5 Å². The lowest BCUT2D eigenvalue weighted by atomic mass is 9.92. The highest BCUT2D eigenvalue weighted by molar-refractivity contribution is 7.21. The van der Waals surface area contributed by atoms with E-state index in [2.05, 4.69) is 0 Å². The first-order valence-corrected chi connectivity index (χ1v) is 10.9. The van der Waals surface area contributed by atoms with Gasteiger partial charge in [-0.1, -0.05) is 18.6 Å². The van der Waals surface area contributed by atoms with Gasteiger partial charge >= 0.3 is 5.97 Å². The number of aryl methyl sites for hydroxylation is 1. The van der Waals surface area contributed by atoms with Gasteiger partial charge in [0.05, 0.1) is 5.69 Å². The Morgan fingerprint density at radius 2 is 1.90 bits per heavy atom. The number of rotatable bonds is 2. The molecule has 0 saturated heterocycles. The van der Waals surface area contributed by atoms with Crippen LogP contribution in [0.4, 0.5) is 14.5 Å². The summed E-state index contributed by atoms with van der Waals surface area (Å²) in [4.78, 5) is 18.3. The molecule has 0 saturated carbocycles. The first-order chi connectivity index (χ1) is 14.2. The van der Waals surface area contributed by atoms with Gasteiger partial charge in [0.15, 0.2) is 11.6 Å². The lowest BCUT2D eigenvalue weighted by molar-refractivity contribution is 0.00764. The summed E-state index contributed by atoms with van der Waals surface area (Å²) in [6.45, 7) is 5.34. The van der Waals surface area contributed by atoms with Gasteiger partial charge in [0, 0.05) is 22.2 Å². The van der Waals surface area contributed by atoms with Crippen LogP contribution in [-0.4, -0.2) is 16.6 Å².